The highest BCUT2D eigenvalue weighted by Gasteiger charge is 2.36. The lowest BCUT2D eigenvalue weighted by atomic mass is 10.0. The first-order chi connectivity index (χ1) is 11.4. The summed E-state index contributed by atoms with van der Waals surface area (Å²) in [5.74, 6) is 1.14. The van der Waals surface area contributed by atoms with Gasteiger partial charge in [-0.1, -0.05) is 0 Å². The third kappa shape index (κ3) is 2.72. The summed E-state index contributed by atoms with van der Waals surface area (Å²) >= 11 is 0. The van der Waals surface area contributed by atoms with Crippen molar-refractivity contribution in [1.29, 1.82) is 0 Å². The van der Waals surface area contributed by atoms with Crippen molar-refractivity contribution in [3.05, 3.63) is 47.3 Å². The quantitative estimate of drug-likeness (QED) is 0.849. The maximum absolute atomic E-state index is 12.7. The molecule has 6 nitrogen and oxygen atoms in total. The van der Waals surface area contributed by atoms with E-state index in [0.29, 0.717) is 35.7 Å². The first-order valence-corrected chi connectivity index (χ1v) is 8.10. The Hall–Kier alpha value is -2.50. The fourth-order valence-electron chi connectivity index (χ4n) is 3.22. The van der Waals surface area contributed by atoms with E-state index in [1.54, 1.807) is 26.0 Å². The van der Waals surface area contributed by atoms with E-state index in [9.17, 15) is 9.59 Å². The molecule has 24 heavy (non-hydrogen) atoms. The van der Waals surface area contributed by atoms with Gasteiger partial charge in [0.05, 0.1) is 23.7 Å². The molecule has 0 bridgehead atoms. The minimum absolute atomic E-state index is 0.0489. The van der Waals surface area contributed by atoms with Crippen LogP contribution in [-0.4, -0.2) is 46.8 Å². The molecule has 1 aliphatic heterocycles. The summed E-state index contributed by atoms with van der Waals surface area (Å²) in [7, 11) is 0. The van der Waals surface area contributed by atoms with Gasteiger partial charge >= 0.3 is 0 Å². The summed E-state index contributed by atoms with van der Waals surface area (Å²) in [4.78, 5) is 29.1. The first-order valence-electron chi connectivity index (χ1n) is 8.10. The van der Waals surface area contributed by atoms with Crippen molar-refractivity contribution in [2.45, 2.75) is 39.8 Å². The molecule has 0 unspecified atom stereocenters. The molecule has 128 valence electrons. The lowest BCUT2D eigenvalue weighted by molar-refractivity contribution is 0.0268. The highest BCUT2D eigenvalue weighted by atomic mass is 16.3. The van der Waals surface area contributed by atoms with Gasteiger partial charge in [-0.3, -0.25) is 9.59 Å². The second kappa shape index (κ2) is 6.19. The van der Waals surface area contributed by atoms with E-state index in [4.69, 9.17) is 8.83 Å². The average Bonchev–Trinajstić information content (AvgIpc) is 3.16. The number of aryl methyl sites for hydroxylation is 2. The van der Waals surface area contributed by atoms with Crippen molar-refractivity contribution in [3.8, 4) is 0 Å². The second-order valence-electron chi connectivity index (χ2n) is 6.39. The molecule has 2 aromatic heterocycles. The van der Waals surface area contributed by atoms with Gasteiger partial charge in [-0.2, -0.15) is 0 Å². The summed E-state index contributed by atoms with van der Waals surface area (Å²) in [6, 6.07) is 3.25. The van der Waals surface area contributed by atoms with Crippen LogP contribution in [0.5, 0.6) is 0 Å². The van der Waals surface area contributed by atoms with E-state index < -0.39 is 0 Å². The first kappa shape index (κ1) is 16.4. The van der Waals surface area contributed by atoms with Crippen molar-refractivity contribution in [2.24, 2.45) is 0 Å². The number of hydrogen-bond acceptors (Lipinski definition) is 4. The van der Waals surface area contributed by atoms with Crippen LogP contribution in [0.25, 0.3) is 0 Å². The number of carbonyl (C=O) groups is 2. The third-order valence-corrected chi connectivity index (χ3v) is 4.69. The SMILES string of the molecule is Cc1occc1C(=O)N1C[C@@H](C)N(C(=O)c2ccoc2C)C[C@H]1C. The molecule has 1 aliphatic rings. The van der Waals surface area contributed by atoms with Gasteiger partial charge in [-0.25, -0.2) is 0 Å². The van der Waals surface area contributed by atoms with Crippen LogP contribution in [0, 0.1) is 13.8 Å². The van der Waals surface area contributed by atoms with Crippen LogP contribution in [0.2, 0.25) is 0 Å². The molecule has 0 radical (unpaired) electrons. The number of rotatable bonds is 2. The van der Waals surface area contributed by atoms with E-state index in [1.165, 1.54) is 12.5 Å². The largest absolute Gasteiger partial charge is 0.469 e. The molecule has 1 saturated heterocycles. The van der Waals surface area contributed by atoms with Crippen molar-refractivity contribution < 1.29 is 18.4 Å². The zero-order chi connectivity index (χ0) is 17.4. The van der Waals surface area contributed by atoms with Gasteiger partial charge in [0, 0.05) is 25.2 Å². The third-order valence-electron chi connectivity index (χ3n) is 4.69. The summed E-state index contributed by atoms with van der Waals surface area (Å²) < 4.78 is 10.5. The van der Waals surface area contributed by atoms with Crippen molar-refractivity contribution in [1.82, 2.24) is 9.80 Å². The average molecular weight is 330 g/mol. The van der Waals surface area contributed by atoms with E-state index in [0.717, 1.165) is 0 Å². The van der Waals surface area contributed by atoms with Crippen LogP contribution >= 0.6 is 0 Å². The molecule has 0 spiro atoms. The van der Waals surface area contributed by atoms with Crippen LogP contribution in [0.15, 0.2) is 33.5 Å². The van der Waals surface area contributed by atoms with Gasteiger partial charge in [-0.05, 0) is 39.8 Å². The maximum Gasteiger partial charge on any atom is 0.257 e. The van der Waals surface area contributed by atoms with Gasteiger partial charge in [0.25, 0.3) is 11.8 Å². The Kier molecular flexibility index (Phi) is 4.22. The number of piperazine rings is 1. The molecule has 3 heterocycles. The molecule has 0 aromatic carbocycles. The van der Waals surface area contributed by atoms with Gasteiger partial charge in [0.15, 0.2) is 0 Å². The Morgan fingerprint density at radius 1 is 0.875 bits per heavy atom. The van der Waals surface area contributed by atoms with E-state index in [2.05, 4.69) is 0 Å². The van der Waals surface area contributed by atoms with Crippen molar-refractivity contribution >= 4 is 11.8 Å². The Morgan fingerprint density at radius 3 is 1.54 bits per heavy atom. The highest BCUT2D eigenvalue weighted by molar-refractivity contribution is 5.97. The Bertz CT molecular complexity index is 696. The number of amides is 2. The maximum atomic E-state index is 12.7. The Labute approximate surface area is 141 Å². The standard InChI is InChI=1S/C18H22N2O4/c1-11-9-20(18(22)16-6-8-24-14(16)4)12(2)10-19(11)17(21)15-5-7-23-13(15)3/h5-8,11-12H,9-10H2,1-4H3/t11-,12-/m1/s1. The molecule has 2 aromatic rings. The van der Waals surface area contributed by atoms with E-state index >= 15 is 0 Å². The van der Waals surface area contributed by atoms with E-state index in [-0.39, 0.29) is 23.9 Å². The highest BCUT2D eigenvalue weighted by Crippen LogP contribution is 2.23. The number of carbonyl (C=O) groups excluding carboxylic acids is 2. The van der Waals surface area contributed by atoms with Gasteiger partial charge < -0.3 is 18.6 Å². The summed E-state index contributed by atoms with van der Waals surface area (Å²) in [5.41, 5.74) is 1.17. The van der Waals surface area contributed by atoms with Gasteiger partial charge in [-0.15, -0.1) is 0 Å². The molecule has 2 amide bonds. The molecule has 0 N–H and O–H groups in total. The Morgan fingerprint density at radius 2 is 1.25 bits per heavy atom. The molecular formula is C18H22N2O4. The van der Waals surface area contributed by atoms with Crippen LogP contribution in [-0.2, 0) is 0 Å². The lowest BCUT2D eigenvalue weighted by Crippen LogP contribution is -2.59. The predicted molar refractivity (Wildman–Crippen MR) is 87.9 cm³/mol. The van der Waals surface area contributed by atoms with Crippen molar-refractivity contribution in [3.63, 3.8) is 0 Å². The Balaban J connectivity index is 1.77. The van der Waals surface area contributed by atoms with Gasteiger partial charge in [0.1, 0.15) is 11.5 Å². The molecule has 0 saturated carbocycles. The monoisotopic (exact) mass is 330 g/mol. The minimum Gasteiger partial charge on any atom is -0.469 e. The fraction of sp³-hybridized carbons (Fsp3) is 0.444. The zero-order valence-electron chi connectivity index (χ0n) is 14.4. The van der Waals surface area contributed by atoms with Crippen molar-refractivity contribution in [2.75, 3.05) is 13.1 Å². The number of hydrogen-bond donors (Lipinski definition) is 0. The van der Waals surface area contributed by atoms with Crippen LogP contribution in [0.3, 0.4) is 0 Å². The van der Waals surface area contributed by atoms with Gasteiger partial charge in [0.2, 0.25) is 0 Å². The predicted octanol–water partition coefficient (Wildman–Crippen LogP) is 2.86. The molecule has 3 rings (SSSR count). The summed E-state index contributed by atoms with van der Waals surface area (Å²) in [5, 5.41) is 0. The smallest absolute Gasteiger partial charge is 0.257 e. The molecule has 2 atom stereocenters. The van der Waals surface area contributed by atoms with Crippen LogP contribution in [0.1, 0.15) is 46.1 Å². The fourth-order valence-corrected chi connectivity index (χ4v) is 3.22. The molecule has 6 heteroatoms. The summed E-state index contributed by atoms with van der Waals surface area (Å²) in [6.07, 6.45) is 3.05. The number of nitrogens with zero attached hydrogens (tertiary/aromatic N) is 2. The lowest BCUT2D eigenvalue weighted by Gasteiger charge is -2.44. The zero-order valence-corrected chi connectivity index (χ0v) is 14.4. The topological polar surface area (TPSA) is 66.9 Å². The van der Waals surface area contributed by atoms with Crippen LogP contribution in [0.4, 0.5) is 0 Å². The van der Waals surface area contributed by atoms with E-state index in [1.807, 2.05) is 23.6 Å². The van der Waals surface area contributed by atoms with Crippen LogP contribution < -0.4 is 0 Å². The number of furan rings is 2. The normalized spacial score (nSPS) is 21.2. The molecule has 1 fully saturated rings. The second-order valence-corrected chi connectivity index (χ2v) is 6.39. The molecular weight excluding hydrogens is 308 g/mol. The summed E-state index contributed by atoms with van der Waals surface area (Å²) in [6.45, 7) is 8.47. The minimum atomic E-state index is -0.0702. The molecule has 0 aliphatic carbocycles.